The third kappa shape index (κ3) is 4.62. The summed E-state index contributed by atoms with van der Waals surface area (Å²) in [7, 11) is 0. The number of rotatable bonds is 8. The first-order valence-corrected chi connectivity index (χ1v) is 12.3. The summed E-state index contributed by atoms with van der Waals surface area (Å²) in [6.07, 6.45) is 0.842. The molecule has 3 heterocycles. The molecule has 0 aliphatic heterocycles. The minimum atomic E-state index is -0.0737. The van der Waals surface area contributed by atoms with Crippen LogP contribution in [0.15, 0.2) is 60.7 Å². The van der Waals surface area contributed by atoms with Gasteiger partial charge in [-0.3, -0.25) is 4.79 Å². The van der Waals surface area contributed by atoms with Crippen molar-refractivity contribution >= 4 is 39.5 Å². The van der Waals surface area contributed by atoms with Crippen molar-refractivity contribution in [1.82, 2.24) is 25.3 Å². The van der Waals surface area contributed by atoms with E-state index in [0.717, 1.165) is 58.7 Å². The van der Waals surface area contributed by atoms with Gasteiger partial charge in [0.2, 0.25) is 0 Å². The molecule has 0 fully saturated rings. The molecule has 5 N–H and O–H groups in total. The smallest absolute Gasteiger partial charge is 0.251 e. The number of carbonyl (C=O) groups is 1. The Morgan fingerprint density at radius 3 is 2.61 bits per heavy atom. The number of imidazole rings is 1. The highest BCUT2D eigenvalue weighted by Gasteiger charge is 2.17. The number of fused-ring (bicyclic) bond motifs is 2. The van der Waals surface area contributed by atoms with Crippen LogP contribution in [0.5, 0.6) is 0 Å². The normalized spacial score (nSPS) is 12.2. The van der Waals surface area contributed by atoms with Gasteiger partial charge in [-0.05, 0) is 62.7 Å². The molecule has 2 aromatic carbocycles. The maximum Gasteiger partial charge on any atom is 0.251 e. The predicted molar refractivity (Wildman–Crippen MR) is 146 cm³/mol. The van der Waals surface area contributed by atoms with E-state index < -0.39 is 0 Å². The maximum atomic E-state index is 13.2. The van der Waals surface area contributed by atoms with Crippen molar-refractivity contribution in [2.75, 3.05) is 23.7 Å². The Hall–Kier alpha value is -4.33. The quantitative estimate of drug-likeness (QED) is 0.248. The van der Waals surface area contributed by atoms with Gasteiger partial charge in [0.15, 0.2) is 5.65 Å². The highest BCUT2D eigenvalue weighted by Crippen LogP contribution is 2.30. The number of nitrogens with two attached hydrogens (primary N) is 1. The van der Waals surface area contributed by atoms with Crippen molar-refractivity contribution in [1.29, 1.82) is 0 Å². The first kappa shape index (κ1) is 23.4. The molecule has 0 saturated heterocycles. The maximum absolute atomic E-state index is 13.2. The van der Waals surface area contributed by atoms with Gasteiger partial charge in [0.05, 0.1) is 5.52 Å². The summed E-state index contributed by atoms with van der Waals surface area (Å²) in [4.78, 5) is 30.9. The van der Waals surface area contributed by atoms with E-state index in [0.29, 0.717) is 17.0 Å². The van der Waals surface area contributed by atoms with Gasteiger partial charge >= 0.3 is 0 Å². The van der Waals surface area contributed by atoms with Gasteiger partial charge in [-0.25, -0.2) is 9.97 Å². The predicted octanol–water partition coefficient (Wildman–Crippen LogP) is 5.03. The number of anilines is 2. The molecule has 3 aromatic heterocycles. The Balaban J connectivity index is 1.38. The van der Waals surface area contributed by atoms with E-state index >= 15 is 0 Å². The fourth-order valence-electron chi connectivity index (χ4n) is 4.62. The van der Waals surface area contributed by atoms with E-state index in [1.807, 2.05) is 55.5 Å². The molecule has 5 aromatic rings. The van der Waals surface area contributed by atoms with Gasteiger partial charge in [-0.2, -0.15) is 0 Å². The number of hydrogen-bond acceptors (Lipinski definition) is 5. The first-order chi connectivity index (χ1) is 17.4. The SMILES string of the molecule is CCC(CN(CC)c1ccccc1)NC(=O)c1ccc2[nH]c(-c3cc(N)nc4nc(C)[nH]c34)cc2c1. The fourth-order valence-corrected chi connectivity index (χ4v) is 4.62. The Morgan fingerprint density at radius 1 is 1.06 bits per heavy atom. The number of aromatic amines is 2. The highest BCUT2D eigenvalue weighted by atomic mass is 16.1. The highest BCUT2D eigenvalue weighted by molar-refractivity contribution is 6.00. The van der Waals surface area contributed by atoms with Crippen LogP contribution in [0.25, 0.3) is 33.3 Å². The van der Waals surface area contributed by atoms with E-state index in [-0.39, 0.29) is 11.9 Å². The fraction of sp³-hybridized carbons (Fsp3) is 0.250. The monoisotopic (exact) mass is 481 g/mol. The van der Waals surface area contributed by atoms with Crippen LogP contribution in [0.4, 0.5) is 11.5 Å². The van der Waals surface area contributed by atoms with E-state index in [9.17, 15) is 4.79 Å². The summed E-state index contributed by atoms with van der Waals surface area (Å²) >= 11 is 0. The molecule has 0 saturated carbocycles. The van der Waals surface area contributed by atoms with Gasteiger partial charge in [0.1, 0.15) is 11.6 Å². The summed E-state index contributed by atoms with van der Waals surface area (Å²) in [6, 6.07) is 19.9. The number of nitrogens with one attached hydrogen (secondary N) is 3. The van der Waals surface area contributed by atoms with Crippen molar-refractivity contribution < 1.29 is 4.79 Å². The lowest BCUT2D eigenvalue weighted by Gasteiger charge is -2.28. The van der Waals surface area contributed by atoms with E-state index in [2.05, 4.69) is 56.1 Å². The molecule has 36 heavy (non-hydrogen) atoms. The standard InChI is InChI=1S/C28H31N7O/c1-4-20(16-35(5-2)21-9-7-6-8-10-21)32-28(36)18-11-12-23-19(13-18)14-24(33-23)22-15-25(29)34-27-26(22)30-17(3)31-27/h6-15,20,33H,4-5,16H2,1-3H3,(H,32,36)(H3,29,30,31,34). The number of benzene rings is 2. The second-order valence-electron chi connectivity index (χ2n) is 9.05. The summed E-state index contributed by atoms with van der Waals surface area (Å²) in [5.41, 5.74) is 12.0. The molecule has 0 aliphatic rings. The van der Waals surface area contributed by atoms with Gasteiger partial charge in [0, 0.05) is 52.5 Å². The Morgan fingerprint density at radius 2 is 1.86 bits per heavy atom. The van der Waals surface area contributed by atoms with Crippen molar-refractivity contribution in [2.45, 2.75) is 33.2 Å². The lowest BCUT2D eigenvalue weighted by molar-refractivity contribution is 0.0937. The molecule has 5 rings (SSSR count). The van der Waals surface area contributed by atoms with Crippen LogP contribution >= 0.6 is 0 Å². The molecule has 0 radical (unpaired) electrons. The summed E-state index contributed by atoms with van der Waals surface area (Å²) in [6.45, 7) is 7.75. The van der Waals surface area contributed by atoms with Crippen LogP contribution in [0.1, 0.15) is 36.5 Å². The molecular weight excluding hydrogens is 450 g/mol. The number of pyridine rings is 1. The van der Waals surface area contributed by atoms with Crippen LogP contribution in [0.2, 0.25) is 0 Å². The van der Waals surface area contributed by atoms with Gasteiger partial charge < -0.3 is 25.9 Å². The molecule has 1 atom stereocenters. The van der Waals surface area contributed by atoms with E-state index in [4.69, 9.17) is 5.73 Å². The zero-order chi connectivity index (χ0) is 25.2. The number of H-pyrrole nitrogens is 2. The average Bonchev–Trinajstić information content (AvgIpc) is 3.48. The minimum absolute atomic E-state index is 0.0341. The van der Waals surface area contributed by atoms with E-state index in [1.165, 1.54) is 0 Å². The summed E-state index contributed by atoms with van der Waals surface area (Å²) in [5, 5.41) is 4.18. The molecule has 0 bridgehead atoms. The van der Waals surface area contributed by atoms with Crippen LogP contribution in [0.3, 0.4) is 0 Å². The molecule has 8 heteroatoms. The molecule has 184 valence electrons. The zero-order valence-corrected chi connectivity index (χ0v) is 20.8. The molecule has 8 nitrogen and oxygen atoms in total. The first-order valence-electron chi connectivity index (χ1n) is 12.3. The Bertz CT molecular complexity index is 1520. The third-order valence-corrected chi connectivity index (χ3v) is 6.54. The van der Waals surface area contributed by atoms with Crippen LogP contribution in [-0.2, 0) is 0 Å². The number of carbonyl (C=O) groups excluding carboxylic acids is 1. The van der Waals surface area contributed by atoms with Gasteiger partial charge in [-0.1, -0.05) is 25.1 Å². The van der Waals surface area contributed by atoms with Crippen molar-refractivity contribution in [3.63, 3.8) is 0 Å². The van der Waals surface area contributed by atoms with Gasteiger partial charge in [-0.15, -0.1) is 0 Å². The minimum Gasteiger partial charge on any atom is -0.384 e. The van der Waals surface area contributed by atoms with E-state index in [1.54, 1.807) is 0 Å². The number of hydrogen-bond donors (Lipinski definition) is 4. The average molecular weight is 482 g/mol. The summed E-state index contributed by atoms with van der Waals surface area (Å²) < 4.78 is 0. The lowest BCUT2D eigenvalue weighted by Crippen LogP contribution is -2.43. The second-order valence-corrected chi connectivity index (χ2v) is 9.05. The molecule has 0 aliphatic carbocycles. The topological polar surface area (TPSA) is 116 Å². The summed E-state index contributed by atoms with van der Waals surface area (Å²) in [5.74, 6) is 1.11. The number of likely N-dealkylation sites (N-methyl/N-ethyl adjacent to an activating group) is 1. The second kappa shape index (κ2) is 9.73. The Labute approximate surface area is 209 Å². The van der Waals surface area contributed by atoms with Crippen molar-refractivity contribution in [3.05, 3.63) is 72.1 Å². The molecule has 0 spiro atoms. The van der Waals surface area contributed by atoms with Crippen LogP contribution in [0, 0.1) is 6.92 Å². The number of para-hydroxylation sites is 1. The zero-order valence-electron chi connectivity index (χ0n) is 20.8. The van der Waals surface area contributed by atoms with Crippen molar-refractivity contribution in [3.8, 4) is 11.3 Å². The number of amides is 1. The molecular formula is C28H31N7O. The number of nitrogens with zero attached hydrogens (tertiary/aromatic N) is 3. The Kier molecular flexibility index (Phi) is 6.33. The van der Waals surface area contributed by atoms with Crippen LogP contribution < -0.4 is 16.0 Å². The van der Waals surface area contributed by atoms with Gasteiger partial charge in [0.25, 0.3) is 5.91 Å². The molecule has 1 unspecified atom stereocenters. The molecule has 1 amide bonds. The number of aryl methyl sites for hydroxylation is 1. The largest absolute Gasteiger partial charge is 0.384 e. The third-order valence-electron chi connectivity index (χ3n) is 6.54. The number of aromatic nitrogens is 4. The van der Waals surface area contributed by atoms with Crippen LogP contribution in [-0.4, -0.2) is 45.0 Å². The van der Waals surface area contributed by atoms with Crippen molar-refractivity contribution in [2.24, 2.45) is 0 Å². The lowest BCUT2D eigenvalue weighted by atomic mass is 10.1. The number of nitrogen functional groups attached to an aromatic ring is 1.